The lowest BCUT2D eigenvalue weighted by atomic mass is 9.73. The molecule has 12 rings (SSSR count). The lowest BCUT2D eigenvalue weighted by Crippen LogP contribution is -2.41. The second kappa shape index (κ2) is 16.6. The van der Waals surface area contributed by atoms with Gasteiger partial charge < -0.3 is 27.8 Å². The third-order valence-electron chi connectivity index (χ3n) is 14.5. The van der Waals surface area contributed by atoms with Crippen LogP contribution in [0.25, 0.3) is 92.6 Å². The van der Waals surface area contributed by atoms with Gasteiger partial charge in [0, 0.05) is 68.1 Å². The number of para-hydroxylation sites is 1. The number of hydrogen-bond donors (Lipinski definition) is 0. The smallest absolute Gasteiger partial charge is 0.345 e. The van der Waals surface area contributed by atoms with Gasteiger partial charge in [-0.2, -0.15) is 0 Å². The Morgan fingerprint density at radius 3 is 2.06 bits per heavy atom. The summed E-state index contributed by atoms with van der Waals surface area (Å²) in [5, 5.41) is 3.94. The summed E-state index contributed by atoms with van der Waals surface area (Å²) in [5.41, 5.74) is 11.3. The average Bonchev–Trinajstić information content (AvgIpc) is 3.95. The fourth-order valence-corrected chi connectivity index (χ4v) is 12.1. The summed E-state index contributed by atoms with van der Waals surface area (Å²) in [4.78, 5) is 32.3. The van der Waals surface area contributed by atoms with Gasteiger partial charge in [-0.3, -0.25) is 0 Å². The monoisotopic (exact) mass is 970 g/mol. The van der Waals surface area contributed by atoms with Crippen LogP contribution >= 0.6 is 11.3 Å². The zero-order valence-electron chi connectivity index (χ0n) is 42.4. The molecule has 0 amide bonds. The maximum Gasteiger partial charge on any atom is 0.345 e. The number of fused-ring (bicyclic) bond motifs is 6. The highest BCUT2D eigenvalue weighted by Crippen LogP contribution is 2.50. The first-order chi connectivity index (χ1) is 34.4. The van der Waals surface area contributed by atoms with Gasteiger partial charge in [-0.25, -0.2) is 9.59 Å². The fourth-order valence-electron chi connectivity index (χ4n) is 11.0. The first-order valence-electron chi connectivity index (χ1n) is 25.1. The molecule has 0 N–H and O–H groups in total. The predicted octanol–water partition coefficient (Wildman–Crippen LogP) is 16.1. The zero-order chi connectivity index (χ0) is 50.0. The van der Waals surface area contributed by atoms with Gasteiger partial charge in [0.25, 0.3) is 0 Å². The van der Waals surface area contributed by atoms with Crippen LogP contribution in [0.2, 0.25) is 0 Å². The van der Waals surface area contributed by atoms with Gasteiger partial charge in [0.1, 0.15) is 33.9 Å². The first kappa shape index (κ1) is 45.8. The van der Waals surface area contributed by atoms with Gasteiger partial charge in [-0.1, -0.05) is 81.4 Å². The molecular formula is C63H58N2O6S. The summed E-state index contributed by atoms with van der Waals surface area (Å²) in [6.07, 6.45) is 2.15. The normalized spacial score (nSPS) is 15.7. The van der Waals surface area contributed by atoms with E-state index in [0.29, 0.717) is 39.5 Å². The van der Waals surface area contributed by atoms with E-state index in [0.717, 1.165) is 96.4 Å². The molecule has 9 heteroatoms. The molecule has 2 aliphatic heterocycles. The summed E-state index contributed by atoms with van der Waals surface area (Å²) in [5.74, 6) is 1.46. The van der Waals surface area contributed by atoms with Crippen LogP contribution in [-0.2, 0) is 5.41 Å². The van der Waals surface area contributed by atoms with Crippen molar-refractivity contribution in [3.8, 4) is 60.3 Å². The van der Waals surface area contributed by atoms with E-state index in [1.165, 1.54) is 16.8 Å². The molecule has 1 unspecified atom stereocenters. The van der Waals surface area contributed by atoms with E-state index < -0.39 is 16.8 Å². The Kier molecular flexibility index (Phi) is 10.6. The second-order valence-electron chi connectivity index (χ2n) is 22.5. The number of benzene rings is 6. The molecule has 6 aromatic carbocycles. The van der Waals surface area contributed by atoms with E-state index in [1.54, 1.807) is 17.4 Å². The van der Waals surface area contributed by atoms with Crippen molar-refractivity contribution in [3.05, 3.63) is 165 Å². The quantitative estimate of drug-likeness (QED) is 0.147. The number of rotatable bonds is 7. The van der Waals surface area contributed by atoms with Crippen molar-refractivity contribution in [3.63, 3.8) is 0 Å². The number of anilines is 1. The molecule has 0 spiro atoms. The number of thiophene rings is 1. The van der Waals surface area contributed by atoms with Crippen LogP contribution in [0, 0.1) is 0 Å². The zero-order valence-corrected chi connectivity index (χ0v) is 43.2. The molecule has 0 radical (unpaired) electrons. The van der Waals surface area contributed by atoms with Crippen molar-refractivity contribution in [1.29, 1.82) is 0 Å². The third-order valence-corrected chi connectivity index (χ3v) is 15.6. The van der Waals surface area contributed by atoms with Crippen molar-refractivity contribution in [1.82, 2.24) is 4.57 Å². The SMILES string of the molecule is CC1CCN2CCC(C)(C)c3cc4cc(-c5ccc(-c6ccc7c8ccc(-c9cccc(-c%10cc%11c(OC(C)(C)C)cc(OC(C)(C)C)cc%11oc%10=O)c9)cc8n(-c8ccccc8)c7c6)s5)c(=O)oc4c1c32. The molecular weight excluding hydrogens is 913 g/mol. The third kappa shape index (κ3) is 7.99. The fraction of sp³-hybridized carbons (Fsp3) is 0.270. The summed E-state index contributed by atoms with van der Waals surface area (Å²) in [6.45, 7) is 20.9. The highest BCUT2D eigenvalue weighted by atomic mass is 32.1. The predicted molar refractivity (Wildman–Crippen MR) is 296 cm³/mol. The minimum Gasteiger partial charge on any atom is -0.488 e. The minimum atomic E-state index is -0.507. The highest BCUT2D eigenvalue weighted by molar-refractivity contribution is 7.18. The molecule has 2 aliphatic rings. The van der Waals surface area contributed by atoms with E-state index in [4.69, 9.17) is 18.3 Å². The van der Waals surface area contributed by atoms with Crippen LogP contribution < -0.4 is 25.6 Å². The summed E-state index contributed by atoms with van der Waals surface area (Å²) in [7, 11) is 0. The van der Waals surface area contributed by atoms with Crippen LogP contribution in [0.4, 0.5) is 5.69 Å². The van der Waals surface area contributed by atoms with Crippen LogP contribution in [-0.4, -0.2) is 28.9 Å². The maximum absolute atomic E-state index is 14.0. The van der Waals surface area contributed by atoms with Crippen molar-refractivity contribution in [2.45, 2.75) is 97.7 Å². The van der Waals surface area contributed by atoms with Crippen molar-refractivity contribution >= 4 is 60.8 Å². The van der Waals surface area contributed by atoms with Crippen molar-refractivity contribution in [2.75, 3.05) is 18.0 Å². The summed E-state index contributed by atoms with van der Waals surface area (Å²) < 4.78 is 27.4. The largest absolute Gasteiger partial charge is 0.488 e. The molecule has 10 aromatic rings. The van der Waals surface area contributed by atoms with E-state index >= 15 is 0 Å². The molecule has 0 fully saturated rings. The Morgan fingerprint density at radius 1 is 0.625 bits per heavy atom. The summed E-state index contributed by atoms with van der Waals surface area (Å²) >= 11 is 1.62. The standard InChI is InChI=1S/C63H58N2O6S/c1-36-24-26-64-27-25-63(8,9)49-30-41-29-48(60(67)69-58(41)56(36)57(49)64)55-23-22-54(72-55)40-19-21-45-44-20-18-38(31-50(44)65(51(45)32-40)42-16-11-10-12-17-42)37-14-13-15-39(28-37)46-35-47-52(68-59(46)66)33-43(70-61(2,3)4)34-53(47)71-62(5,6)7/h10-23,28-36H,24-27H2,1-9H3. The van der Waals surface area contributed by atoms with E-state index in [2.05, 4.69) is 127 Å². The van der Waals surface area contributed by atoms with Gasteiger partial charge >= 0.3 is 11.3 Å². The number of aromatic nitrogens is 1. The lowest BCUT2D eigenvalue weighted by molar-refractivity contribution is 0.122. The van der Waals surface area contributed by atoms with Crippen LogP contribution in [0.1, 0.15) is 92.2 Å². The van der Waals surface area contributed by atoms with Crippen LogP contribution in [0.15, 0.2) is 152 Å². The van der Waals surface area contributed by atoms with E-state index in [9.17, 15) is 9.59 Å². The second-order valence-corrected chi connectivity index (χ2v) is 23.5. The lowest BCUT2D eigenvalue weighted by Gasteiger charge is -2.45. The number of nitrogens with zero attached hydrogens (tertiary/aromatic N) is 2. The van der Waals surface area contributed by atoms with Crippen LogP contribution in [0.3, 0.4) is 0 Å². The molecule has 0 saturated carbocycles. The van der Waals surface area contributed by atoms with Gasteiger partial charge in [0.2, 0.25) is 0 Å². The Hall–Kier alpha value is -7.36. The Morgan fingerprint density at radius 2 is 1.31 bits per heavy atom. The Labute approximate surface area is 423 Å². The van der Waals surface area contributed by atoms with Gasteiger partial charge in [0.15, 0.2) is 0 Å². The molecule has 4 aromatic heterocycles. The van der Waals surface area contributed by atoms with E-state index in [-0.39, 0.29) is 11.0 Å². The van der Waals surface area contributed by atoms with Gasteiger partial charge in [-0.15, -0.1) is 11.3 Å². The van der Waals surface area contributed by atoms with Gasteiger partial charge in [0.05, 0.1) is 27.5 Å². The number of ether oxygens (including phenoxy) is 2. The molecule has 1 atom stereocenters. The Balaban J connectivity index is 0.931. The highest BCUT2D eigenvalue weighted by Gasteiger charge is 2.38. The van der Waals surface area contributed by atoms with Crippen molar-refractivity contribution in [2.24, 2.45) is 0 Å². The van der Waals surface area contributed by atoms with Crippen molar-refractivity contribution < 1.29 is 18.3 Å². The Bertz CT molecular complexity index is 3950. The van der Waals surface area contributed by atoms with Crippen LogP contribution in [0.5, 0.6) is 11.5 Å². The average molecular weight is 971 g/mol. The molecule has 6 heterocycles. The topological polar surface area (TPSA) is 87.0 Å². The molecule has 0 saturated heterocycles. The minimum absolute atomic E-state index is 0.0332. The maximum atomic E-state index is 14.0. The molecule has 0 aliphatic carbocycles. The summed E-state index contributed by atoms with van der Waals surface area (Å²) in [6, 6.07) is 45.8. The van der Waals surface area contributed by atoms with Gasteiger partial charge in [-0.05, 0) is 154 Å². The molecule has 72 heavy (non-hydrogen) atoms. The molecule has 8 nitrogen and oxygen atoms in total. The molecule has 362 valence electrons. The number of hydrogen-bond acceptors (Lipinski definition) is 8. The van der Waals surface area contributed by atoms with E-state index in [1.807, 2.05) is 71.9 Å². The molecule has 0 bridgehead atoms. The first-order valence-corrected chi connectivity index (χ1v) is 25.9.